The quantitative estimate of drug-likeness (QED) is 0.574. The molecule has 0 aromatic heterocycles. The molecule has 0 radical (unpaired) electrons. The molecule has 0 saturated heterocycles. The Bertz CT molecular complexity index is 731. The first-order valence-corrected chi connectivity index (χ1v) is 8.41. The third-order valence-electron chi connectivity index (χ3n) is 3.96. The number of hydrogen-bond donors (Lipinski definition) is 1. The molecule has 3 aromatic carbocycles. The zero-order valence-corrected chi connectivity index (χ0v) is 15.0. The summed E-state index contributed by atoms with van der Waals surface area (Å²) < 4.78 is 6.00. The molecule has 1 N–H and O–H groups in total. The van der Waals surface area contributed by atoms with Gasteiger partial charge in [0.2, 0.25) is 0 Å². The molecule has 0 fully saturated rings. The van der Waals surface area contributed by atoms with E-state index in [-0.39, 0.29) is 12.4 Å². The van der Waals surface area contributed by atoms with Crippen molar-refractivity contribution in [3.63, 3.8) is 0 Å². The molecule has 0 aliphatic carbocycles. The van der Waals surface area contributed by atoms with E-state index in [0.29, 0.717) is 6.61 Å². The van der Waals surface area contributed by atoms with E-state index < -0.39 is 0 Å². The van der Waals surface area contributed by atoms with Crippen LogP contribution in [0.15, 0.2) is 84.9 Å². The summed E-state index contributed by atoms with van der Waals surface area (Å²) in [6, 6.07) is 29.1. The molecule has 3 aromatic rings. The van der Waals surface area contributed by atoms with Crippen molar-refractivity contribution in [3.05, 3.63) is 102 Å². The van der Waals surface area contributed by atoms with Gasteiger partial charge in [-0.2, -0.15) is 0 Å². The molecule has 0 bridgehead atoms. The molecule has 0 aliphatic rings. The standard InChI is InChI=1S/C22H23NO.ClH/c1-3-9-19(10-4-1)15-16-23-17-21-13-7-8-14-22(21)24-18-20-11-5-2-6-12-20;/h1-14,23H,15-18H2;1H. The average Bonchev–Trinajstić information content (AvgIpc) is 2.66. The zero-order valence-electron chi connectivity index (χ0n) is 14.2. The number of hydrogen-bond acceptors (Lipinski definition) is 2. The van der Waals surface area contributed by atoms with Gasteiger partial charge in [-0.1, -0.05) is 78.9 Å². The summed E-state index contributed by atoms with van der Waals surface area (Å²) in [4.78, 5) is 0. The normalized spacial score (nSPS) is 10.1. The van der Waals surface area contributed by atoms with Crippen LogP contribution in [0.1, 0.15) is 16.7 Å². The highest BCUT2D eigenvalue weighted by Crippen LogP contribution is 2.19. The first-order valence-electron chi connectivity index (χ1n) is 8.41. The lowest BCUT2D eigenvalue weighted by atomic mass is 10.1. The van der Waals surface area contributed by atoms with E-state index in [1.54, 1.807) is 0 Å². The van der Waals surface area contributed by atoms with Crippen LogP contribution in [-0.4, -0.2) is 6.54 Å². The molecule has 3 heteroatoms. The molecule has 0 aliphatic heterocycles. The van der Waals surface area contributed by atoms with Gasteiger partial charge in [-0.15, -0.1) is 12.4 Å². The fourth-order valence-corrected chi connectivity index (χ4v) is 2.63. The maximum absolute atomic E-state index is 6.00. The van der Waals surface area contributed by atoms with Gasteiger partial charge >= 0.3 is 0 Å². The van der Waals surface area contributed by atoms with Gasteiger partial charge in [0.1, 0.15) is 12.4 Å². The Labute approximate surface area is 156 Å². The summed E-state index contributed by atoms with van der Waals surface area (Å²) in [5, 5.41) is 3.51. The van der Waals surface area contributed by atoms with Crippen LogP contribution in [0.2, 0.25) is 0 Å². The first-order chi connectivity index (χ1) is 11.9. The van der Waals surface area contributed by atoms with Crippen LogP contribution in [0.4, 0.5) is 0 Å². The van der Waals surface area contributed by atoms with Crippen LogP contribution >= 0.6 is 12.4 Å². The average molecular weight is 354 g/mol. The maximum Gasteiger partial charge on any atom is 0.124 e. The van der Waals surface area contributed by atoms with E-state index >= 15 is 0 Å². The molecule has 3 rings (SSSR count). The van der Waals surface area contributed by atoms with Gasteiger partial charge in [-0.05, 0) is 30.2 Å². The summed E-state index contributed by atoms with van der Waals surface area (Å²) in [6.07, 6.45) is 1.04. The zero-order chi connectivity index (χ0) is 16.5. The Kier molecular flexibility index (Phi) is 8.03. The predicted octanol–water partition coefficient (Wildman–Crippen LogP) is 5.02. The highest BCUT2D eigenvalue weighted by molar-refractivity contribution is 5.85. The summed E-state index contributed by atoms with van der Waals surface area (Å²) >= 11 is 0. The van der Waals surface area contributed by atoms with E-state index in [4.69, 9.17) is 4.74 Å². The molecule has 0 amide bonds. The van der Waals surface area contributed by atoms with Crippen LogP contribution < -0.4 is 10.1 Å². The van der Waals surface area contributed by atoms with Crippen LogP contribution in [0, 0.1) is 0 Å². The van der Waals surface area contributed by atoms with E-state index in [0.717, 1.165) is 25.3 Å². The number of rotatable bonds is 8. The third kappa shape index (κ3) is 6.26. The van der Waals surface area contributed by atoms with E-state index in [2.05, 4.69) is 59.9 Å². The SMILES string of the molecule is Cl.c1ccc(CCNCc2ccccc2OCc2ccccc2)cc1. The largest absolute Gasteiger partial charge is 0.489 e. The molecule has 25 heavy (non-hydrogen) atoms. The van der Waals surface area contributed by atoms with E-state index in [1.807, 2.05) is 30.3 Å². The van der Waals surface area contributed by atoms with Gasteiger partial charge in [-0.3, -0.25) is 0 Å². The molecule has 2 nitrogen and oxygen atoms in total. The van der Waals surface area contributed by atoms with Crippen LogP contribution in [0.25, 0.3) is 0 Å². The van der Waals surface area contributed by atoms with Gasteiger partial charge < -0.3 is 10.1 Å². The van der Waals surface area contributed by atoms with Crippen molar-refractivity contribution in [2.45, 2.75) is 19.6 Å². The summed E-state index contributed by atoms with van der Waals surface area (Å²) in [5.41, 5.74) is 3.74. The molecule has 0 spiro atoms. The minimum Gasteiger partial charge on any atom is -0.489 e. The van der Waals surface area contributed by atoms with Crippen molar-refractivity contribution in [1.82, 2.24) is 5.32 Å². The van der Waals surface area contributed by atoms with Crippen LogP contribution in [0.5, 0.6) is 5.75 Å². The van der Waals surface area contributed by atoms with Gasteiger partial charge in [-0.25, -0.2) is 0 Å². The van der Waals surface area contributed by atoms with Crippen molar-refractivity contribution in [1.29, 1.82) is 0 Å². The molecule has 0 atom stereocenters. The maximum atomic E-state index is 6.00. The summed E-state index contributed by atoms with van der Waals surface area (Å²) in [5.74, 6) is 0.952. The Morgan fingerprint density at radius 3 is 2.00 bits per heavy atom. The third-order valence-corrected chi connectivity index (χ3v) is 3.96. The fraction of sp³-hybridized carbons (Fsp3) is 0.182. The number of nitrogens with one attached hydrogen (secondary N) is 1. The minimum atomic E-state index is 0. The van der Waals surface area contributed by atoms with Crippen molar-refractivity contribution >= 4 is 12.4 Å². The van der Waals surface area contributed by atoms with Crippen molar-refractivity contribution in [2.75, 3.05) is 6.54 Å². The summed E-state index contributed by atoms with van der Waals surface area (Å²) in [7, 11) is 0. The first kappa shape index (κ1) is 19.0. The topological polar surface area (TPSA) is 21.3 Å². The van der Waals surface area contributed by atoms with E-state index in [9.17, 15) is 0 Å². The van der Waals surface area contributed by atoms with Gasteiger partial charge in [0.15, 0.2) is 0 Å². The Morgan fingerprint density at radius 2 is 1.28 bits per heavy atom. The smallest absolute Gasteiger partial charge is 0.124 e. The molecular weight excluding hydrogens is 330 g/mol. The number of ether oxygens (including phenoxy) is 1. The number of benzene rings is 3. The van der Waals surface area contributed by atoms with Gasteiger partial charge in [0, 0.05) is 12.1 Å². The molecule has 130 valence electrons. The van der Waals surface area contributed by atoms with Crippen molar-refractivity contribution in [3.8, 4) is 5.75 Å². The van der Waals surface area contributed by atoms with Gasteiger partial charge in [0.25, 0.3) is 0 Å². The van der Waals surface area contributed by atoms with Crippen LogP contribution in [-0.2, 0) is 19.6 Å². The summed E-state index contributed by atoms with van der Waals surface area (Å²) in [6.45, 7) is 2.37. The molecule has 0 unspecified atom stereocenters. The second-order valence-corrected chi connectivity index (χ2v) is 5.79. The second kappa shape index (κ2) is 10.5. The minimum absolute atomic E-state index is 0. The molecule has 0 heterocycles. The highest BCUT2D eigenvalue weighted by Gasteiger charge is 2.03. The fourth-order valence-electron chi connectivity index (χ4n) is 2.63. The Hall–Kier alpha value is -2.29. The van der Waals surface area contributed by atoms with Crippen molar-refractivity contribution in [2.24, 2.45) is 0 Å². The monoisotopic (exact) mass is 353 g/mol. The second-order valence-electron chi connectivity index (χ2n) is 5.79. The van der Waals surface area contributed by atoms with Crippen molar-refractivity contribution < 1.29 is 4.74 Å². The molecular formula is C22H24ClNO. The Balaban J connectivity index is 0.00000225. The van der Waals surface area contributed by atoms with Gasteiger partial charge in [0.05, 0.1) is 0 Å². The Morgan fingerprint density at radius 1 is 0.680 bits per heavy atom. The number of para-hydroxylation sites is 1. The number of halogens is 1. The lowest BCUT2D eigenvalue weighted by Crippen LogP contribution is -2.17. The van der Waals surface area contributed by atoms with Crippen LogP contribution in [0.3, 0.4) is 0 Å². The predicted molar refractivity (Wildman–Crippen MR) is 106 cm³/mol. The molecule has 0 saturated carbocycles. The lowest BCUT2D eigenvalue weighted by Gasteiger charge is -2.12. The lowest BCUT2D eigenvalue weighted by molar-refractivity contribution is 0.302. The van der Waals surface area contributed by atoms with E-state index in [1.165, 1.54) is 16.7 Å². The highest BCUT2D eigenvalue weighted by atomic mass is 35.5.